The predicted molar refractivity (Wildman–Crippen MR) is 68.7 cm³/mol. The van der Waals surface area contributed by atoms with Crippen molar-refractivity contribution in [1.82, 2.24) is 0 Å². The maximum Gasteiger partial charge on any atom is 0.178 e. The molecule has 1 aliphatic carbocycles. The van der Waals surface area contributed by atoms with Crippen LogP contribution in [0.2, 0.25) is 0 Å². The first-order valence-corrected chi connectivity index (χ1v) is 5.71. The molecule has 1 atom stereocenters. The molecule has 1 unspecified atom stereocenters. The van der Waals surface area contributed by atoms with Crippen LogP contribution in [0.4, 0.5) is 5.69 Å². The first-order valence-electron chi connectivity index (χ1n) is 5.71. The Balaban J connectivity index is 2.13. The van der Waals surface area contributed by atoms with Gasteiger partial charge in [0.05, 0.1) is 0 Å². The van der Waals surface area contributed by atoms with Crippen LogP contribution in [0.5, 0.6) is 0 Å². The summed E-state index contributed by atoms with van der Waals surface area (Å²) in [6, 6.07) is 14.0. The first kappa shape index (κ1) is 10.7. The van der Waals surface area contributed by atoms with Gasteiger partial charge in [-0.1, -0.05) is 30.3 Å². The van der Waals surface area contributed by atoms with Crippen LogP contribution in [0.3, 0.4) is 0 Å². The highest BCUT2D eigenvalue weighted by Crippen LogP contribution is 2.34. The zero-order chi connectivity index (χ0) is 12.7. The first-order chi connectivity index (χ1) is 8.68. The van der Waals surface area contributed by atoms with E-state index >= 15 is 0 Å². The Hall–Kier alpha value is -2.42. The number of carbonyl (C=O) groups is 2. The van der Waals surface area contributed by atoms with E-state index < -0.39 is 5.92 Å². The third kappa shape index (κ3) is 1.44. The summed E-state index contributed by atoms with van der Waals surface area (Å²) < 4.78 is 0. The monoisotopic (exact) mass is 237 g/mol. The molecule has 0 fully saturated rings. The highest BCUT2D eigenvalue weighted by atomic mass is 16.2. The lowest BCUT2D eigenvalue weighted by molar-refractivity contribution is 0.0890. The quantitative estimate of drug-likeness (QED) is 0.612. The van der Waals surface area contributed by atoms with E-state index in [1.54, 1.807) is 30.3 Å². The number of ketones is 2. The minimum absolute atomic E-state index is 0.138. The molecule has 0 saturated heterocycles. The molecule has 0 heterocycles. The van der Waals surface area contributed by atoms with E-state index in [1.807, 2.05) is 18.2 Å². The van der Waals surface area contributed by atoms with Gasteiger partial charge in [-0.15, -0.1) is 0 Å². The molecular weight excluding hydrogens is 226 g/mol. The minimum atomic E-state index is -0.706. The van der Waals surface area contributed by atoms with Crippen molar-refractivity contribution in [3.63, 3.8) is 0 Å². The van der Waals surface area contributed by atoms with E-state index in [2.05, 4.69) is 0 Å². The van der Waals surface area contributed by atoms with Gasteiger partial charge >= 0.3 is 0 Å². The zero-order valence-corrected chi connectivity index (χ0v) is 9.59. The van der Waals surface area contributed by atoms with Crippen LogP contribution in [-0.2, 0) is 0 Å². The van der Waals surface area contributed by atoms with Gasteiger partial charge in [-0.25, -0.2) is 0 Å². The Labute approximate surface area is 104 Å². The number of fused-ring (bicyclic) bond motifs is 1. The minimum Gasteiger partial charge on any atom is -0.399 e. The molecule has 0 amide bonds. The third-order valence-corrected chi connectivity index (χ3v) is 3.23. The molecule has 2 aromatic rings. The van der Waals surface area contributed by atoms with Crippen LogP contribution in [0.25, 0.3) is 0 Å². The normalized spacial score (nSPS) is 17.9. The fourth-order valence-corrected chi connectivity index (χ4v) is 2.36. The Kier molecular flexibility index (Phi) is 2.27. The van der Waals surface area contributed by atoms with Gasteiger partial charge in [-0.3, -0.25) is 9.59 Å². The van der Waals surface area contributed by atoms with Crippen molar-refractivity contribution >= 4 is 17.3 Å². The second-order valence-electron chi connectivity index (χ2n) is 4.38. The van der Waals surface area contributed by atoms with E-state index in [4.69, 9.17) is 5.73 Å². The molecule has 3 nitrogen and oxygen atoms in total. The number of hydrogen-bond acceptors (Lipinski definition) is 3. The number of Topliss-reactive ketones (excluding diaryl/α,β-unsaturated/α-hetero) is 2. The van der Waals surface area contributed by atoms with Gasteiger partial charge in [0.1, 0.15) is 5.92 Å². The third-order valence-electron chi connectivity index (χ3n) is 3.23. The van der Waals surface area contributed by atoms with Crippen molar-refractivity contribution in [2.24, 2.45) is 0 Å². The van der Waals surface area contributed by atoms with Crippen LogP contribution in [-0.4, -0.2) is 11.6 Å². The summed E-state index contributed by atoms with van der Waals surface area (Å²) >= 11 is 0. The summed E-state index contributed by atoms with van der Waals surface area (Å²) in [5, 5.41) is 0. The van der Waals surface area contributed by atoms with E-state index in [0.29, 0.717) is 16.8 Å². The topological polar surface area (TPSA) is 60.2 Å². The molecular formula is C15H11NO2. The van der Waals surface area contributed by atoms with E-state index in [0.717, 1.165) is 5.56 Å². The summed E-state index contributed by atoms with van der Waals surface area (Å²) in [7, 11) is 0. The lowest BCUT2D eigenvalue weighted by atomic mass is 9.94. The molecule has 2 aromatic carbocycles. The van der Waals surface area contributed by atoms with E-state index in [9.17, 15) is 9.59 Å². The molecule has 3 heteroatoms. The summed E-state index contributed by atoms with van der Waals surface area (Å²) in [6.45, 7) is 0. The SMILES string of the molecule is Nc1ccc2c(c1)C(=O)C(c1ccccc1)C2=O. The number of benzene rings is 2. The average molecular weight is 237 g/mol. The number of rotatable bonds is 1. The molecule has 88 valence electrons. The van der Waals surface area contributed by atoms with Crippen molar-refractivity contribution in [3.8, 4) is 0 Å². The van der Waals surface area contributed by atoms with Crippen LogP contribution < -0.4 is 5.73 Å². The molecule has 0 bridgehead atoms. The van der Waals surface area contributed by atoms with Gasteiger partial charge in [-0.05, 0) is 23.8 Å². The number of carbonyl (C=O) groups excluding carboxylic acids is 2. The van der Waals surface area contributed by atoms with Gasteiger partial charge in [0.25, 0.3) is 0 Å². The highest BCUT2D eigenvalue weighted by molar-refractivity contribution is 6.29. The van der Waals surface area contributed by atoms with E-state index in [1.165, 1.54) is 0 Å². The summed E-state index contributed by atoms with van der Waals surface area (Å²) in [6.07, 6.45) is 0. The molecule has 1 aliphatic rings. The van der Waals surface area contributed by atoms with Crippen LogP contribution in [0.15, 0.2) is 48.5 Å². The fourth-order valence-electron chi connectivity index (χ4n) is 2.36. The molecule has 0 aliphatic heterocycles. The van der Waals surface area contributed by atoms with Gasteiger partial charge in [-0.2, -0.15) is 0 Å². The van der Waals surface area contributed by atoms with Crippen molar-refractivity contribution < 1.29 is 9.59 Å². The largest absolute Gasteiger partial charge is 0.399 e. The summed E-state index contributed by atoms with van der Waals surface area (Å²) in [5.74, 6) is -1.00. The molecule has 0 saturated carbocycles. The second kappa shape index (κ2) is 3.81. The van der Waals surface area contributed by atoms with Gasteiger partial charge < -0.3 is 5.73 Å². The molecule has 18 heavy (non-hydrogen) atoms. The van der Waals surface area contributed by atoms with Crippen LogP contribution in [0.1, 0.15) is 32.2 Å². The second-order valence-corrected chi connectivity index (χ2v) is 4.38. The van der Waals surface area contributed by atoms with Gasteiger partial charge in [0.15, 0.2) is 11.6 Å². The van der Waals surface area contributed by atoms with E-state index in [-0.39, 0.29) is 11.6 Å². The van der Waals surface area contributed by atoms with Crippen LogP contribution >= 0.6 is 0 Å². The number of anilines is 1. The average Bonchev–Trinajstić information content (AvgIpc) is 2.63. The Morgan fingerprint density at radius 3 is 2.22 bits per heavy atom. The lowest BCUT2D eigenvalue weighted by Gasteiger charge is -2.06. The number of nitrogens with two attached hydrogens (primary N) is 1. The summed E-state index contributed by atoms with van der Waals surface area (Å²) in [4.78, 5) is 24.5. The Bertz CT molecular complexity index is 647. The lowest BCUT2D eigenvalue weighted by Crippen LogP contribution is -2.12. The Morgan fingerprint density at radius 1 is 0.833 bits per heavy atom. The Morgan fingerprint density at radius 2 is 1.50 bits per heavy atom. The molecule has 0 spiro atoms. The van der Waals surface area contributed by atoms with Crippen molar-refractivity contribution in [1.29, 1.82) is 0 Å². The van der Waals surface area contributed by atoms with Crippen molar-refractivity contribution in [3.05, 3.63) is 65.2 Å². The molecule has 3 rings (SSSR count). The van der Waals surface area contributed by atoms with Gasteiger partial charge in [0.2, 0.25) is 0 Å². The van der Waals surface area contributed by atoms with Crippen LogP contribution in [0, 0.1) is 0 Å². The smallest absolute Gasteiger partial charge is 0.178 e. The zero-order valence-electron chi connectivity index (χ0n) is 9.59. The summed E-state index contributed by atoms with van der Waals surface area (Å²) in [5.41, 5.74) is 7.81. The van der Waals surface area contributed by atoms with Crippen molar-refractivity contribution in [2.45, 2.75) is 5.92 Å². The molecule has 0 radical (unpaired) electrons. The number of nitrogen functional groups attached to an aromatic ring is 1. The fraction of sp³-hybridized carbons (Fsp3) is 0.0667. The standard InChI is InChI=1S/C15H11NO2/c16-10-6-7-11-12(8-10)15(18)13(14(11)17)9-4-2-1-3-5-9/h1-8,13H,16H2. The maximum absolute atomic E-state index is 12.3. The van der Waals surface area contributed by atoms with Crippen molar-refractivity contribution in [2.75, 3.05) is 5.73 Å². The maximum atomic E-state index is 12.3. The van der Waals surface area contributed by atoms with Gasteiger partial charge in [0, 0.05) is 16.8 Å². The highest BCUT2D eigenvalue weighted by Gasteiger charge is 2.39. The molecule has 2 N–H and O–H groups in total. The molecule has 0 aromatic heterocycles. The predicted octanol–water partition coefficient (Wildman–Crippen LogP) is 2.43. The number of hydrogen-bond donors (Lipinski definition) is 1.